The molecule has 6 rings (SSSR count). The highest BCUT2D eigenvalue weighted by Crippen LogP contribution is 2.40. The van der Waals surface area contributed by atoms with Crippen LogP contribution in [0.1, 0.15) is 23.1 Å². The van der Waals surface area contributed by atoms with E-state index < -0.39 is 6.23 Å². The molecule has 0 spiro atoms. The number of nitrogens with one attached hydrogen (secondary N) is 1. The normalized spacial score (nSPS) is 14.2. The SMILES string of the molecule is Cc1ccc(CSc2nnc3c(n2)OC(c2ccc(-c4ccc(Br)cc4)o2)Nc2ccccc2-3)cc1. The quantitative estimate of drug-likeness (QED) is 0.222. The Morgan fingerprint density at radius 1 is 0.917 bits per heavy atom. The first-order valence-corrected chi connectivity index (χ1v) is 13.2. The lowest BCUT2D eigenvalue weighted by molar-refractivity contribution is 0.196. The molecule has 0 radical (unpaired) electrons. The van der Waals surface area contributed by atoms with Gasteiger partial charge in [0.2, 0.25) is 17.3 Å². The van der Waals surface area contributed by atoms with Crippen LogP contribution >= 0.6 is 27.7 Å². The second kappa shape index (κ2) is 9.79. The van der Waals surface area contributed by atoms with E-state index in [1.807, 2.05) is 60.7 Å². The Bertz CT molecular complexity index is 1520. The van der Waals surface area contributed by atoms with Crippen molar-refractivity contribution in [2.75, 3.05) is 5.32 Å². The van der Waals surface area contributed by atoms with Crippen LogP contribution in [-0.4, -0.2) is 15.2 Å². The monoisotopic (exact) mass is 556 g/mol. The summed E-state index contributed by atoms with van der Waals surface area (Å²) in [6.45, 7) is 2.08. The molecule has 1 unspecified atom stereocenters. The van der Waals surface area contributed by atoms with Gasteiger partial charge >= 0.3 is 0 Å². The number of anilines is 1. The van der Waals surface area contributed by atoms with Crippen molar-refractivity contribution in [3.8, 4) is 28.5 Å². The lowest BCUT2D eigenvalue weighted by Crippen LogP contribution is -2.16. The van der Waals surface area contributed by atoms with Gasteiger partial charge in [-0.2, -0.15) is 4.98 Å². The average molecular weight is 557 g/mol. The fraction of sp³-hybridized carbons (Fsp3) is 0.107. The van der Waals surface area contributed by atoms with Crippen LogP contribution in [0.5, 0.6) is 5.88 Å². The summed E-state index contributed by atoms with van der Waals surface area (Å²) in [4.78, 5) is 4.74. The minimum absolute atomic E-state index is 0.417. The predicted octanol–water partition coefficient (Wildman–Crippen LogP) is 7.66. The number of nitrogens with zero attached hydrogens (tertiary/aromatic N) is 3. The van der Waals surface area contributed by atoms with Gasteiger partial charge in [0.15, 0.2) is 11.5 Å². The molecule has 1 aliphatic heterocycles. The lowest BCUT2D eigenvalue weighted by Gasteiger charge is -2.16. The third kappa shape index (κ3) is 4.74. The molecule has 0 aliphatic carbocycles. The average Bonchev–Trinajstić information content (AvgIpc) is 3.33. The van der Waals surface area contributed by atoms with Gasteiger partial charge in [-0.1, -0.05) is 87.9 Å². The number of aromatic nitrogens is 3. The fourth-order valence-corrected chi connectivity index (χ4v) is 4.93. The van der Waals surface area contributed by atoms with Crippen LogP contribution in [0.3, 0.4) is 0 Å². The van der Waals surface area contributed by atoms with Crippen LogP contribution in [0.15, 0.2) is 99.0 Å². The highest BCUT2D eigenvalue weighted by molar-refractivity contribution is 9.10. The predicted molar refractivity (Wildman–Crippen MR) is 145 cm³/mol. The molecule has 0 saturated heterocycles. The molecule has 1 N–H and O–H groups in total. The number of benzene rings is 3. The van der Waals surface area contributed by atoms with E-state index in [4.69, 9.17) is 14.1 Å². The third-order valence-electron chi connectivity index (χ3n) is 5.84. The van der Waals surface area contributed by atoms with Crippen molar-refractivity contribution in [1.29, 1.82) is 0 Å². The van der Waals surface area contributed by atoms with Crippen LogP contribution in [0.4, 0.5) is 5.69 Å². The lowest BCUT2D eigenvalue weighted by atomic mass is 10.1. The molecule has 178 valence electrons. The van der Waals surface area contributed by atoms with Gasteiger partial charge in [0, 0.05) is 27.0 Å². The molecule has 0 bridgehead atoms. The number of aryl methyl sites for hydroxylation is 1. The maximum absolute atomic E-state index is 6.36. The highest BCUT2D eigenvalue weighted by Gasteiger charge is 2.28. The third-order valence-corrected chi connectivity index (χ3v) is 7.27. The number of thioether (sulfide) groups is 1. The molecule has 0 saturated carbocycles. The first-order chi connectivity index (χ1) is 17.6. The summed E-state index contributed by atoms with van der Waals surface area (Å²) >= 11 is 5.01. The zero-order chi connectivity index (χ0) is 24.5. The Morgan fingerprint density at radius 3 is 2.56 bits per heavy atom. The molecule has 0 fully saturated rings. The van der Waals surface area contributed by atoms with Gasteiger partial charge in [-0.15, -0.1) is 10.2 Å². The summed E-state index contributed by atoms with van der Waals surface area (Å²) in [5.74, 6) is 2.56. The van der Waals surface area contributed by atoms with Crippen LogP contribution in [-0.2, 0) is 5.75 Å². The molecule has 2 aromatic heterocycles. The van der Waals surface area contributed by atoms with E-state index in [9.17, 15) is 0 Å². The number of halogens is 1. The van der Waals surface area contributed by atoms with E-state index in [1.165, 1.54) is 22.9 Å². The summed E-state index contributed by atoms with van der Waals surface area (Å²) < 4.78 is 13.6. The van der Waals surface area contributed by atoms with E-state index >= 15 is 0 Å². The van der Waals surface area contributed by atoms with Gasteiger partial charge in [-0.25, -0.2) is 0 Å². The summed E-state index contributed by atoms with van der Waals surface area (Å²) in [5.41, 5.74) is 5.77. The van der Waals surface area contributed by atoms with E-state index in [2.05, 4.69) is 62.6 Å². The van der Waals surface area contributed by atoms with Crippen LogP contribution in [0.2, 0.25) is 0 Å². The Morgan fingerprint density at radius 2 is 1.72 bits per heavy atom. The Balaban J connectivity index is 1.31. The van der Waals surface area contributed by atoms with Crippen LogP contribution < -0.4 is 10.1 Å². The van der Waals surface area contributed by atoms with Gasteiger partial charge in [-0.05, 0) is 42.8 Å². The van der Waals surface area contributed by atoms with Gasteiger partial charge in [-0.3, -0.25) is 0 Å². The summed E-state index contributed by atoms with van der Waals surface area (Å²) in [5, 5.41) is 12.9. The summed E-state index contributed by atoms with van der Waals surface area (Å²) in [6, 6.07) is 28.2. The van der Waals surface area contributed by atoms with Crippen molar-refractivity contribution >= 4 is 33.4 Å². The van der Waals surface area contributed by atoms with E-state index in [1.54, 1.807) is 0 Å². The summed E-state index contributed by atoms with van der Waals surface area (Å²) in [6.07, 6.45) is -0.580. The smallest absolute Gasteiger partial charge is 0.247 e. The Labute approximate surface area is 221 Å². The Hall–Kier alpha value is -3.62. The molecule has 3 aromatic carbocycles. The van der Waals surface area contributed by atoms with E-state index in [0.717, 1.165) is 32.8 Å². The number of furan rings is 1. The molecule has 1 aliphatic rings. The minimum atomic E-state index is -0.580. The molecule has 5 aromatic rings. The molecule has 1 atom stereocenters. The maximum atomic E-state index is 6.36. The standard InChI is InChI=1S/C28H21BrN4O2S/c1-17-6-8-18(9-7-17)16-36-28-31-27-25(32-33-28)21-4-2-3-5-22(21)30-26(35-27)24-15-14-23(34-24)19-10-12-20(29)13-11-19/h2-15,26,30H,16H2,1H3. The second-order valence-electron chi connectivity index (χ2n) is 8.42. The molecule has 0 amide bonds. The fourth-order valence-electron chi connectivity index (χ4n) is 3.93. The number of para-hydroxylation sites is 1. The first-order valence-electron chi connectivity index (χ1n) is 11.4. The second-order valence-corrected chi connectivity index (χ2v) is 10.3. The number of rotatable bonds is 5. The molecule has 6 nitrogen and oxygen atoms in total. The topological polar surface area (TPSA) is 73.1 Å². The van der Waals surface area contributed by atoms with Crippen molar-refractivity contribution < 1.29 is 9.15 Å². The van der Waals surface area contributed by atoms with E-state index in [0.29, 0.717) is 22.5 Å². The van der Waals surface area contributed by atoms with Crippen LogP contribution in [0.25, 0.3) is 22.6 Å². The van der Waals surface area contributed by atoms with Crippen molar-refractivity contribution in [3.63, 3.8) is 0 Å². The number of fused-ring (bicyclic) bond motifs is 3. The number of hydrogen-bond donors (Lipinski definition) is 1. The zero-order valence-corrected chi connectivity index (χ0v) is 21.7. The molecule has 36 heavy (non-hydrogen) atoms. The van der Waals surface area contributed by atoms with Crippen molar-refractivity contribution in [2.45, 2.75) is 24.1 Å². The largest absolute Gasteiger partial charge is 0.455 e. The molecular weight excluding hydrogens is 536 g/mol. The van der Waals surface area contributed by atoms with Gasteiger partial charge in [0.05, 0.1) is 0 Å². The van der Waals surface area contributed by atoms with Gasteiger partial charge in [0.1, 0.15) is 5.76 Å². The molecule has 3 heterocycles. The first kappa shape index (κ1) is 22.8. The highest BCUT2D eigenvalue weighted by atomic mass is 79.9. The minimum Gasteiger partial charge on any atom is -0.455 e. The van der Waals surface area contributed by atoms with Gasteiger partial charge < -0.3 is 14.5 Å². The molecular formula is C28H21BrN4O2S. The van der Waals surface area contributed by atoms with Crippen LogP contribution in [0, 0.1) is 6.92 Å². The number of hydrogen-bond acceptors (Lipinski definition) is 7. The van der Waals surface area contributed by atoms with E-state index in [-0.39, 0.29) is 0 Å². The summed E-state index contributed by atoms with van der Waals surface area (Å²) in [7, 11) is 0. The number of ether oxygens (including phenoxy) is 1. The van der Waals surface area contributed by atoms with Crippen molar-refractivity contribution in [1.82, 2.24) is 15.2 Å². The van der Waals surface area contributed by atoms with Gasteiger partial charge in [0.25, 0.3) is 0 Å². The zero-order valence-electron chi connectivity index (χ0n) is 19.3. The van der Waals surface area contributed by atoms with Crippen molar-refractivity contribution in [3.05, 3.63) is 106 Å². The van der Waals surface area contributed by atoms with Crippen molar-refractivity contribution in [2.24, 2.45) is 0 Å². The molecule has 8 heteroatoms. The Kier molecular flexibility index (Phi) is 6.21. The maximum Gasteiger partial charge on any atom is 0.247 e.